The third-order valence-electron chi connectivity index (χ3n) is 6.00. The molecule has 0 bridgehead atoms. The van der Waals surface area contributed by atoms with E-state index in [1.807, 2.05) is 12.1 Å². The number of aromatic hydroxyl groups is 1. The topological polar surface area (TPSA) is 158 Å². The summed E-state index contributed by atoms with van der Waals surface area (Å²) in [5.41, 5.74) is -2.64. The van der Waals surface area contributed by atoms with Gasteiger partial charge in [-0.1, -0.05) is 41.6 Å². The van der Waals surface area contributed by atoms with E-state index in [4.69, 9.17) is 0 Å². The van der Waals surface area contributed by atoms with Crippen LogP contribution in [0.25, 0.3) is 0 Å². The van der Waals surface area contributed by atoms with E-state index in [-0.39, 0.29) is 27.9 Å². The summed E-state index contributed by atoms with van der Waals surface area (Å²) in [4.78, 5) is 29.5. The number of nitrogens with zero attached hydrogens (tertiary/aromatic N) is 5. The van der Waals surface area contributed by atoms with Crippen molar-refractivity contribution in [1.29, 1.82) is 10.5 Å². The number of hydrogen-bond acceptors (Lipinski definition) is 8. The number of halogens is 3. The molecular formula is C26H17F3N6O4. The van der Waals surface area contributed by atoms with Crippen LogP contribution in [-0.2, 0) is 7.05 Å². The molecule has 0 aliphatic rings. The fraction of sp³-hybridized carbons (Fsp3) is 0.154. The Morgan fingerprint density at radius 1 is 1.08 bits per heavy atom. The molecule has 10 nitrogen and oxygen atoms in total. The summed E-state index contributed by atoms with van der Waals surface area (Å²) in [6, 6.07) is 14.8. The first-order valence-corrected chi connectivity index (χ1v) is 11.1. The van der Waals surface area contributed by atoms with Crippen molar-refractivity contribution >= 4 is 11.6 Å². The molecule has 4 aromatic rings. The van der Waals surface area contributed by atoms with E-state index >= 15 is 13.2 Å². The van der Waals surface area contributed by atoms with Gasteiger partial charge in [-0.15, -0.1) is 0 Å². The molecule has 0 aliphatic carbocycles. The van der Waals surface area contributed by atoms with Crippen molar-refractivity contribution < 1.29 is 27.6 Å². The molecular weight excluding hydrogens is 517 g/mol. The highest BCUT2D eigenvalue weighted by Gasteiger charge is 2.50. The van der Waals surface area contributed by atoms with E-state index in [1.54, 1.807) is 0 Å². The number of nitriles is 2. The van der Waals surface area contributed by atoms with Gasteiger partial charge in [0.15, 0.2) is 5.69 Å². The first kappa shape index (κ1) is 26.6. The molecule has 1 amide bonds. The molecule has 196 valence electrons. The SMILES string of the molecule is Cn1c([C@H](C(c2ccccc2C#N)c2ccccc2C#N)C(F)(F)F)nc(C(=O)Nc2cnoc2)c(O)c1=O. The quantitative estimate of drug-likeness (QED) is 0.376. The standard InChI is InChI=1S/C26H17F3N6O4/c1-35-23(34-21(22(36)25(35)38)24(37)33-16-12-32-39-13-16)20(26(27,28)29)19(17-8-4-2-6-14(17)10-30)18-9-5-3-7-15(18)11-31/h2-9,12-13,19-20,36H,1H3,(H,33,37)/t20-/m0/s1. The summed E-state index contributed by atoms with van der Waals surface area (Å²) in [7, 11) is 0.967. The number of benzene rings is 2. The van der Waals surface area contributed by atoms with Crippen molar-refractivity contribution in [2.45, 2.75) is 18.0 Å². The molecule has 2 N–H and O–H groups in total. The Balaban J connectivity index is 2.04. The highest BCUT2D eigenvalue weighted by Crippen LogP contribution is 2.49. The number of alkyl halides is 3. The summed E-state index contributed by atoms with van der Waals surface area (Å²) in [5, 5.41) is 35.4. The minimum atomic E-state index is -5.12. The van der Waals surface area contributed by atoms with Crippen LogP contribution in [0.5, 0.6) is 5.75 Å². The monoisotopic (exact) mass is 534 g/mol. The van der Waals surface area contributed by atoms with Crippen molar-refractivity contribution in [3.05, 3.63) is 105 Å². The van der Waals surface area contributed by atoms with Crippen molar-refractivity contribution in [3.8, 4) is 17.9 Å². The Morgan fingerprint density at radius 3 is 2.13 bits per heavy atom. The van der Waals surface area contributed by atoms with Gasteiger partial charge in [-0.05, 0) is 23.3 Å². The Morgan fingerprint density at radius 2 is 1.64 bits per heavy atom. The first-order valence-electron chi connectivity index (χ1n) is 11.1. The molecule has 0 aliphatic heterocycles. The molecule has 4 rings (SSSR count). The van der Waals surface area contributed by atoms with E-state index in [0.717, 1.165) is 19.5 Å². The smallest absolute Gasteiger partial charge is 0.399 e. The van der Waals surface area contributed by atoms with Crippen LogP contribution in [0, 0.1) is 22.7 Å². The van der Waals surface area contributed by atoms with Crippen LogP contribution in [0.3, 0.4) is 0 Å². The van der Waals surface area contributed by atoms with E-state index in [1.165, 1.54) is 48.5 Å². The maximum atomic E-state index is 15.0. The number of carbonyl (C=O) groups is 1. The van der Waals surface area contributed by atoms with Crippen LogP contribution >= 0.6 is 0 Å². The summed E-state index contributed by atoms with van der Waals surface area (Å²) in [5.74, 6) is -7.67. The van der Waals surface area contributed by atoms with Crippen LogP contribution in [0.2, 0.25) is 0 Å². The molecule has 13 heteroatoms. The van der Waals surface area contributed by atoms with Gasteiger partial charge in [0.05, 0.1) is 29.5 Å². The molecule has 0 unspecified atom stereocenters. The van der Waals surface area contributed by atoms with Crippen molar-refractivity contribution in [2.75, 3.05) is 5.32 Å². The Kier molecular flexibility index (Phi) is 7.18. The molecule has 2 heterocycles. The number of hydrogen-bond donors (Lipinski definition) is 2. The number of aromatic nitrogens is 3. The van der Waals surface area contributed by atoms with Gasteiger partial charge in [-0.25, -0.2) is 4.98 Å². The number of anilines is 1. The molecule has 2 aromatic carbocycles. The maximum absolute atomic E-state index is 15.0. The first-order chi connectivity index (χ1) is 18.6. The Labute approximate surface area is 218 Å². The second kappa shape index (κ2) is 10.5. The summed E-state index contributed by atoms with van der Waals surface area (Å²) < 4.78 is 50.2. The van der Waals surface area contributed by atoms with Gasteiger partial charge >= 0.3 is 6.18 Å². The zero-order valence-corrected chi connectivity index (χ0v) is 20.0. The average molecular weight is 534 g/mol. The predicted molar refractivity (Wildman–Crippen MR) is 129 cm³/mol. The number of amides is 1. The van der Waals surface area contributed by atoms with Gasteiger partial charge in [0, 0.05) is 13.0 Å². The molecule has 0 radical (unpaired) electrons. The molecule has 2 aromatic heterocycles. The third-order valence-corrected chi connectivity index (χ3v) is 6.00. The van der Waals surface area contributed by atoms with Gasteiger partial charge < -0.3 is 14.9 Å². The van der Waals surface area contributed by atoms with Crippen LogP contribution < -0.4 is 10.9 Å². The molecule has 0 spiro atoms. The molecule has 0 saturated carbocycles. The van der Waals surface area contributed by atoms with Crippen molar-refractivity contribution in [1.82, 2.24) is 14.7 Å². The Bertz CT molecular complexity index is 1630. The Hall–Kier alpha value is -5.43. The highest BCUT2D eigenvalue weighted by atomic mass is 19.4. The van der Waals surface area contributed by atoms with Crippen molar-refractivity contribution in [2.24, 2.45) is 7.05 Å². The lowest BCUT2D eigenvalue weighted by Gasteiger charge is -2.31. The zero-order valence-electron chi connectivity index (χ0n) is 20.0. The summed E-state index contributed by atoms with van der Waals surface area (Å²) >= 11 is 0. The molecule has 0 fully saturated rings. The van der Waals surface area contributed by atoms with Crippen LogP contribution in [0.15, 0.2) is 70.3 Å². The number of carbonyl (C=O) groups excluding carboxylic acids is 1. The highest BCUT2D eigenvalue weighted by molar-refractivity contribution is 6.04. The molecule has 1 atom stereocenters. The largest absolute Gasteiger partial charge is 0.501 e. The third kappa shape index (κ3) is 5.06. The fourth-order valence-electron chi connectivity index (χ4n) is 4.25. The second-order valence-corrected chi connectivity index (χ2v) is 8.29. The average Bonchev–Trinajstić information content (AvgIpc) is 3.43. The lowest BCUT2D eigenvalue weighted by Crippen LogP contribution is -2.36. The minimum Gasteiger partial charge on any atom is -0.501 e. The van der Waals surface area contributed by atoms with E-state index in [2.05, 4.69) is 20.0 Å². The maximum Gasteiger partial charge on any atom is 0.399 e. The summed E-state index contributed by atoms with van der Waals surface area (Å²) in [6.45, 7) is 0. The number of nitrogens with one attached hydrogen (secondary N) is 1. The van der Waals surface area contributed by atoms with Gasteiger partial charge in [-0.2, -0.15) is 23.7 Å². The number of rotatable bonds is 6. The minimum absolute atomic E-state index is 0.000398. The van der Waals surface area contributed by atoms with Gasteiger partial charge in [0.1, 0.15) is 23.7 Å². The van der Waals surface area contributed by atoms with E-state index in [0.29, 0.717) is 4.57 Å². The predicted octanol–water partition coefficient (Wildman–Crippen LogP) is 3.95. The van der Waals surface area contributed by atoms with E-state index < -0.39 is 46.7 Å². The second-order valence-electron chi connectivity index (χ2n) is 8.29. The van der Waals surface area contributed by atoms with Crippen molar-refractivity contribution in [3.63, 3.8) is 0 Å². The zero-order chi connectivity index (χ0) is 28.3. The molecule has 39 heavy (non-hydrogen) atoms. The molecule has 0 saturated heterocycles. The lowest BCUT2D eigenvalue weighted by atomic mass is 9.76. The van der Waals surface area contributed by atoms with Gasteiger partial charge in [-0.3, -0.25) is 14.2 Å². The lowest BCUT2D eigenvalue weighted by molar-refractivity contribution is -0.156. The fourth-order valence-corrected chi connectivity index (χ4v) is 4.25. The summed E-state index contributed by atoms with van der Waals surface area (Å²) in [6.07, 6.45) is -3.02. The van der Waals surface area contributed by atoms with Crippen LogP contribution in [0.1, 0.15) is 50.4 Å². The van der Waals surface area contributed by atoms with Gasteiger partial charge in [0.2, 0.25) is 5.75 Å². The van der Waals surface area contributed by atoms with Gasteiger partial charge in [0.25, 0.3) is 11.5 Å². The van der Waals surface area contributed by atoms with Crippen LogP contribution in [-0.4, -0.2) is 31.9 Å². The van der Waals surface area contributed by atoms with Crippen LogP contribution in [0.4, 0.5) is 18.9 Å². The van der Waals surface area contributed by atoms with E-state index in [9.17, 15) is 25.2 Å². The normalized spacial score (nSPS) is 12.0.